The molecule has 3 rings (SSSR count). The smallest absolute Gasteiger partial charge is 0.413 e. The molecule has 0 saturated heterocycles. The minimum Gasteiger partial charge on any atom is -0.465 e. The van der Waals surface area contributed by atoms with Crippen LogP contribution in [0.2, 0.25) is 0 Å². The summed E-state index contributed by atoms with van der Waals surface area (Å²) in [6, 6.07) is 8.04. The Hall–Kier alpha value is -3.44. The lowest BCUT2D eigenvalue weighted by atomic mass is 9.65. The first-order valence-corrected chi connectivity index (χ1v) is 13.3. The van der Waals surface area contributed by atoms with Gasteiger partial charge in [0.1, 0.15) is 5.60 Å². The Bertz CT molecular complexity index is 1180. The van der Waals surface area contributed by atoms with Crippen LogP contribution in [0.15, 0.2) is 42.9 Å². The molecule has 0 aliphatic heterocycles. The van der Waals surface area contributed by atoms with Crippen molar-refractivity contribution in [1.82, 2.24) is 9.97 Å². The zero-order valence-corrected chi connectivity index (χ0v) is 23.5. The van der Waals surface area contributed by atoms with Gasteiger partial charge >= 0.3 is 6.09 Å². The number of hydrogen-bond acceptors (Lipinski definition) is 6. The van der Waals surface area contributed by atoms with Gasteiger partial charge in [-0.3, -0.25) is 9.88 Å². The molecule has 1 saturated carbocycles. The van der Waals surface area contributed by atoms with Crippen LogP contribution in [0, 0.1) is 35.5 Å². The van der Waals surface area contributed by atoms with Crippen molar-refractivity contribution in [3.05, 3.63) is 59.7 Å². The van der Waals surface area contributed by atoms with Crippen LogP contribution in [0.1, 0.15) is 77.1 Å². The summed E-state index contributed by atoms with van der Waals surface area (Å²) in [5, 5.41) is 29.6. The standard InChI is InChI=1S/C30H41N5O3/c1-7-8-13-34(25-15-22(16-31)10-9-21(25)2)20-24-14-23(11-12-29(24,3)4)19-35(28(36)37)27-18-32-26(17-33-27)30(5,6)38/h8-10,13,15,17-18,23-24,38H,7,11-12,14,19-20H2,1-6H3,(H,36,37)/b13-8-. The molecular formula is C30H41N5O3. The van der Waals surface area contributed by atoms with Crippen LogP contribution in [0.4, 0.5) is 16.3 Å². The summed E-state index contributed by atoms with van der Waals surface area (Å²) in [5.74, 6) is 0.749. The predicted octanol–water partition coefficient (Wildman–Crippen LogP) is 6.24. The van der Waals surface area contributed by atoms with Crippen LogP contribution in [0.3, 0.4) is 0 Å². The Morgan fingerprint density at radius 3 is 2.58 bits per heavy atom. The summed E-state index contributed by atoms with van der Waals surface area (Å²) in [4.78, 5) is 24.3. The van der Waals surface area contributed by atoms with Gasteiger partial charge < -0.3 is 15.1 Å². The maximum Gasteiger partial charge on any atom is 0.413 e. The first kappa shape index (κ1) is 29.1. The van der Waals surface area contributed by atoms with Crippen molar-refractivity contribution in [1.29, 1.82) is 5.26 Å². The second kappa shape index (κ2) is 12.0. The Kier molecular flexibility index (Phi) is 9.16. The van der Waals surface area contributed by atoms with Gasteiger partial charge in [-0.2, -0.15) is 5.26 Å². The second-order valence-corrected chi connectivity index (χ2v) is 11.6. The van der Waals surface area contributed by atoms with Gasteiger partial charge in [0.15, 0.2) is 5.82 Å². The SMILES string of the molecule is CC/C=C\N(CC1CC(CN(C(=O)O)c2cnc(C(C)(C)O)cn2)CCC1(C)C)c1cc(C#N)ccc1C. The zero-order chi connectivity index (χ0) is 28.1. The molecule has 1 aliphatic rings. The average molecular weight is 520 g/mol. The third-order valence-corrected chi connectivity index (χ3v) is 7.72. The van der Waals surface area contributed by atoms with Crippen LogP contribution in [0.25, 0.3) is 0 Å². The number of carbonyl (C=O) groups is 1. The van der Waals surface area contributed by atoms with Crippen LogP contribution in [0.5, 0.6) is 0 Å². The van der Waals surface area contributed by atoms with Gasteiger partial charge in [0.05, 0.1) is 29.7 Å². The molecule has 2 unspecified atom stereocenters. The maximum atomic E-state index is 12.2. The zero-order valence-electron chi connectivity index (χ0n) is 23.5. The van der Waals surface area contributed by atoms with E-state index in [9.17, 15) is 20.3 Å². The number of nitriles is 1. The molecule has 38 heavy (non-hydrogen) atoms. The lowest BCUT2D eigenvalue weighted by molar-refractivity contribution is 0.0734. The number of aliphatic hydroxyl groups is 1. The van der Waals surface area contributed by atoms with Crippen molar-refractivity contribution < 1.29 is 15.0 Å². The number of benzene rings is 1. The molecule has 1 aliphatic carbocycles. The molecule has 8 heteroatoms. The van der Waals surface area contributed by atoms with E-state index in [2.05, 4.69) is 60.9 Å². The van der Waals surface area contributed by atoms with Crippen molar-refractivity contribution in [3.8, 4) is 6.07 Å². The predicted molar refractivity (Wildman–Crippen MR) is 150 cm³/mol. The second-order valence-electron chi connectivity index (χ2n) is 11.6. The molecule has 1 fully saturated rings. The number of aryl methyl sites for hydroxylation is 1. The lowest BCUT2D eigenvalue weighted by Crippen LogP contribution is -2.43. The summed E-state index contributed by atoms with van der Waals surface area (Å²) in [6.45, 7) is 13.1. The van der Waals surface area contributed by atoms with E-state index in [1.165, 1.54) is 17.3 Å². The van der Waals surface area contributed by atoms with Gasteiger partial charge in [-0.05, 0) is 81.4 Å². The summed E-state index contributed by atoms with van der Waals surface area (Å²) in [6.07, 6.45) is 9.75. The van der Waals surface area contributed by atoms with E-state index in [-0.39, 0.29) is 17.2 Å². The number of amides is 1. The molecule has 1 aromatic carbocycles. The van der Waals surface area contributed by atoms with E-state index < -0.39 is 11.7 Å². The Morgan fingerprint density at radius 2 is 2.00 bits per heavy atom. The van der Waals surface area contributed by atoms with E-state index in [1.54, 1.807) is 13.8 Å². The summed E-state index contributed by atoms with van der Waals surface area (Å²) in [5.41, 5.74) is 2.10. The van der Waals surface area contributed by atoms with E-state index in [0.29, 0.717) is 23.7 Å². The number of carboxylic acid groups (broad SMARTS) is 1. The minimum absolute atomic E-state index is 0.0811. The Balaban J connectivity index is 1.83. The Morgan fingerprint density at radius 1 is 1.26 bits per heavy atom. The monoisotopic (exact) mass is 519 g/mol. The van der Waals surface area contributed by atoms with Crippen molar-refractivity contribution in [2.45, 2.75) is 72.8 Å². The van der Waals surface area contributed by atoms with Crippen LogP contribution in [-0.4, -0.2) is 39.4 Å². The van der Waals surface area contributed by atoms with E-state index in [0.717, 1.165) is 43.5 Å². The van der Waals surface area contributed by atoms with Crippen LogP contribution < -0.4 is 9.80 Å². The summed E-state index contributed by atoms with van der Waals surface area (Å²) >= 11 is 0. The molecule has 8 nitrogen and oxygen atoms in total. The molecule has 1 aromatic heterocycles. The van der Waals surface area contributed by atoms with E-state index >= 15 is 0 Å². The number of rotatable bonds is 9. The number of nitrogens with zero attached hydrogens (tertiary/aromatic N) is 5. The van der Waals surface area contributed by atoms with Gasteiger partial charge in [-0.25, -0.2) is 9.78 Å². The van der Waals surface area contributed by atoms with Crippen molar-refractivity contribution in [2.24, 2.45) is 17.3 Å². The molecule has 0 radical (unpaired) electrons. The van der Waals surface area contributed by atoms with E-state index in [4.69, 9.17) is 0 Å². The summed E-state index contributed by atoms with van der Waals surface area (Å²) in [7, 11) is 0. The molecule has 1 amide bonds. The first-order chi connectivity index (χ1) is 17.9. The average Bonchev–Trinajstić information content (AvgIpc) is 2.86. The third-order valence-electron chi connectivity index (χ3n) is 7.72. The molecule has 0 bridgehead atoms. The third kappa shape index (κ3) is 7.11. The van der Waals surface area contributed by atoms with Gasteiger partial charge in [-0.1, -0.05) is 32.9 Å². The van der Waals surface area contributed by atoms with Gasteiger partial charge in [0.25, 0.3) is 0 Å². The normalized spacial score (nSPS) is 19.2. The Labute approximate surface area is 226 Å². The van der Waals surface area contributed by atoms with Gasteiger partial charge in [-0.15, -0.1) is 0 Å². The molecule has 2 N–H and O–H groups in total. The maximum absolute atomic E-state index is 12.2. The quantitative estimate of drug-likeness (QED) is 0.403. The molecular weight excluding hydrogens is 478 g/mol. The number of anilines is 2. The summed E-state index contributed by atoms with van der Waals surface area (Å²) < 4.78 is 0. The van der Waals surface area contributed by atoms with Crippen molar-refractivity contribution >= 4 is 17.6 Å². The van der Waals surface area contributed by atoms with Crippen molar-refractivity contribution in [3.63, 3.8) is 0 Å². The fourth-order valence-corrected chi connectivity index (χ4v) is 5.11. The van der Waals surface area contributed by atoms with Gasteiger partial charge in [0.2, 0.25) is 0 Å². The minimum atomic E-state index is -1.15. The largest absolute Gasteiger partial charge is 0.465 e. The van der Waals surface area contributed by atoms with Crippen molar-refractivity contribution in [2.75, 3.05) is 22.9 Å². The highest BCUT2D eigenvalue weighted by molar-refractivity contribution is 5.84. The lowest BCUT2D eigenvalue weighted by Gasteiger charge is -2.45. The van der Waals surface area contributed by atoms with Gasteiger partial charge in [0, 0.05) is 25.0 Å². The fraction of sp³-hybridized carbons (Fsp3) is 0.533. The number of hydrogen-bond donors (Lipinski definition) is 2. The topological polar surface area (TPSA) is 114 Å². The van der Waals surface area contributed by atoms with E-state index in [1.807, 2.05) is 18.2 Å². The molecule has 0 spiro atoms. The molecule has 1 heterocycles. The van der Waals surface area contributed by atoms with Crippen LogP contribution in [-0.2, 0) is 5.60 Å². The fourth-order valence-electron chi connectivity index (χ4n) is 5.11. The first-order valence-electron chi connectivity index (χ1n) is 13.3. The molecule has 204 valence electrons. The molecule has 2 aromatic rings. The molecule has 2 atom stereocenters. The number of allylic oxidation sites excluding steroid dienone is 1. The highest BCUT2D eigenvalue weighted by Gasteiger charge is 2.38. The highest BCUT2D eigenvalue weighted by Crippen LogP contribution is 2.44. The van der Waals surface area contributed by atoms with Crippen LogP contribution >= 0.6 is 0 Å². The highest BCUT2D eigenvalue weighted by atomic mass is 16.4. The number of aromatic nitrogens is 2.